The highest BCUT2D eigenvalue weighted by molar-refractivity contribution is 5.77. The minimum atomic E-state index is -0.115. The summed E-state index contributed by atoms with van der Waals surface area (Å²) in [6, 6.07) is 12.5. The lowest BCUT2D eigenvalue weighted by Gasteiger charge is -2.32. The molecule has 1 saturated carbocycles. The van der Waals surface area contributed by atoms with Gasteiger partial charge in [-0.15, -0.1) is 0 Å². The largest absolute Gasteiger partial charge is 0.324 e. The van der Waals surface area contributed by atoms with Gasteiger partial charge in [0.15, 0.2) is 11.5 Å². The van der Waals surface area contributed by atoms with Gasteiger partial charge >= 0.3 is 0 Å². The Labute approximate surface area is 211 Å². The van der Waals surface area contributed by atoms with Crippen molar-refractivity contribution in [2.75, 3.05) is 18.9 Å². The zero-order chi connectivity index (χ0) is 25.2. The number of nitrogens with one attached hydrogen (secondary N) is 1. The molecule has 0 unspecified atom stereocenters. The third-order valence-electron chi connectivity index (χ3n) is 7.50. The van der Waals surface area contributed by atoms with Crippen molar-refractivity contribution in [3.8, 4) is 5.82 Å². The highest BCUT2D eigenvalue weighted by atomic mass is 16.1. The topological polar surface area (TPSA) is 80.9 Å². The van der Waals surface area contributed by atoms with E-state index in [4.69, 9.17) is 9.97 Å². The van der Waals surface area contributed by atoms with E-state index in [2.05, 4.69) is 61.2 Å². The third kappa shape index (κ3) is 3.71. The number of anilines is 2. The lowest BCUT2D eigenvalue weighted by molar-refractivity contribution is 0.271. The van der Waals surface area contributed by atoms with Crippen LogP contribution in [-0.2, 0) is 23.9 Å². The normalized spacial score (nSPS) is 16.9. The molecule has 1 fully saturated rings. The first-order valence-corrected chi connectivity index (χ1v) is 12.7. The summed E-state index contributed by atoms with van der Waals surface area (Å²) in [5.41, 5.74) is 5.40. The number of pyridine rings is 1. The second-order valence-corrected chi connectivity index (χ2v) is 11.3. The van der Waals surface area contributed by atoms with Crippen LogP contribution in [0, 0.1) is 0 Å². The van der Waals surface area contributed by atoms with Crippen LogP contribution < -0.4 is 10.9 Å². The zero-order valence-electron chi connectivity index (χ0n) is 21.7. The molecule has 0 atom stereocenters. The van der Waals surface area contributed by atoms with E-state index < -0.39 is 0 Å². The minimum absolute atomic E-state index is 0.113. The van der Waals surface area contributed by atoms with Gasteiger partial charge in [-0.3, -0.25) is 4.79 Å². The molecular weight excluding hydrogens is 450 g/mol. The maximum atomic E-state index is 13.2. The summed E-state index contributed by atoms with van der Waals surface area (Å²) in [5.74, 6) is 1.14. The van der Waals surface area contributed by atoms with Crippen molar-refractivity contribution < 1.29 is 0 Å². The number of hydrogen-bond donors (Lipinski definition) is 1. The molecule has 1 aliphatic heterocycles. The van der Waals surface area contributed by atoms with Crippen LogP contribution in [0.2, 0.25) is 0 Å². The molecule has 186 valence electrons. The van der Waals surface area contributed by atoms with Gasteiger partial charge in [0.25, 0.3) is 5.56 Å². The Hall–Kier alpha value is -3.52. The van der Waals surface area contributed by atoms with Gasteiger partial charge in [0, 0.05) is 48.0 Å². The maximum Gasteiger partial charge on any atom is 0.278 e. The van der Waals surface area contributed by atoms with Crippen molar-refractivity contribution in [2.24, 2.45) is 0 Å². The van der Waals surface area contributed by atoms with E-state index >= 15 is 0 Å². The first-order chi connectivity index (χ1) is 17.2. The third-order valence-corrected chi connectivity index (χ3v) is 7.50. The van der Waals surface area contributed by atoms with Gasteiger partial charge in [0.05, 0.1) is 0 Å². The Bertz CT molecular complexity index is 1540. The van der Waals surface area contributed by atoms with Crippen LogP contribution in [0.3, 0.4) is 0 Å². The molecule has 0 amide bonds. The van der Waals surface area contributed by atoms with Crippen LogP contribution in [0.1, 0.15) is 57.4 Å². The van der Waals surface area contributed by atoms with E-state index in [9.17, 15) is 4.79 Å². The van der Waals surface area contributed by atoms with Crippen LogP contribution in [0.4, 0.5) is 11.6 Å². The van der Waals surface area contributed by atoms with E-state index in [1.807, 2.05) is 29.8 Å². The van der Waals surface area contributed by atoms with E-state index in [1.165, 1.54) is 24.0 Å². The Morgan fingerprint density at radius 3 is 2.64 bits per heavy atom. The number of aromatic nitrogens is 5. The fraction of sp³-hybridized carbons (Fsp3) is 0.429. The molecular formula is C28H33N7O. The average Bonchev–Trinajstić information content (AvgIpc) is 3.55. The summed E-state index contributed by atoms with van der Waals surface area (Å²) in [5, 5.41) is 3.89. The van der Waals surface area contributed by atoms with Gasteiger partial charge in [-0.25, -0.2) is 19.3 Å². The predicted molar refractivity (Wildman–Crippen MR) is 142 cm³/mol. The molecule has 4 aromatic rings. The molecule has 2 aliphatic rings. The van der Waals surface area contributed by atoms with E-state index in [0.717, 1.165) is 24.5 Å². The lowest BCUT2D eigenvalue weighted by atomic mass is 9.87. The summed E-state index contributed by atoms with van der Waals surface area (Å²) < 4.78 is 3.49. The Balaban J connectivity index is 1.42. The predicted octanol–water partition coefficient (Wildman–Crippen LogP) is 4.52. The van der Waals surface area contributed by atoms with Gasteiger partial charge in [-0.2, -0.15) is 4.98 Å². The number of hydrogen-bond acceptors (Lipinski definition) is 6. The number of benzene rings is 1. The van der Waals surface area contributed by atoms with Crippen LogP contribution in [0.15, 0.2) is 47.4 Å². The molecule has 1 spiro atoms. The number of fused-ring (bicyclic) bond motifs is 3. The van der Waals surface area contributed by atoms with Crippen LogP contribution in [0.5, 0.6) is 0 Å². The SMILES string of the molecule is CCn1c(=O)c2cnc(Nc3ccc4c(c3)C3(CC3)CN(C)C4)nc2n1-c1cccc(C(C)(C)C)n1. The number of likely N-dealkylation sites (N-methyl/N-ethyl adjacent to an activating group) is 1. The van der Waals surface area contributed by atoms with Gasteiger partial charge in [0.2, 0.25) is 5.95 Å². The summed E-state index contributed by atoms with van der Waals surface area (Å²) in [6.45, 7) is 10.9. The Morgan fingerprint density at radius 1 is 1.11 bits per heavy atom. The smallest absolute Gasteiger partial charge is 0.278 e. The molecule has 36 heavy (non-hydrogen) atoms. The Morgan fingerprint density at radius 2 is 1.92 bits per heavy atom. The van der Waals surface area contributed by atoms with E-state index in [1.54, 1.807) is 10.9 Å². The fourth-order valence-corrected chi connectivity index (χ4v) is 5.51. The van der Waals surface area contributed by atoms with E-state index in [0.29, 0.717) is 34.8 Å². The van der Waals surface area contributed by atoms with Crippen molar-refractivity contribution >= 4 is 22.7 Å². The second-order valence-electron chi connectivity index (χ2n) is 11.3. The van der Waals surface area contributed by atoms with Crippen LogP contribution in [0.25, 0.3) is 16.9 Å². The van der Waals surface area contributed by atoms with Crippen LogP contribution >= 0.6 is 0 Å². The number of nitrogens with zero attached hydrogens (tertiary/aromatic N) is 6. The van der Waals surface area contributed by atoms with Gasteiger partial charge in [-0.1, -0.05) is 32.9 Å². The summed E-state index contributed by atoms with van der Waals surface area (Å²) in [4.78, 5) is 29.8. The average molecular weight is 484 g/mol. The minimum Gasteiger partial charge on any atom is -0.324 e. The fourth-order valence-electron chi connectivity index (χ4n) is 5.51. The standard InChI is InChI=1S/C28H33N7O/c1-6-34-25(36)20-15-29-26(32-24(20)35(34)23-9-7-8-22(31-23)27(2,3)4)30-19-11-10-18-16-33(5)17-28(12-13-28)21(18)14-19/h7-11,14-15H,6,12-13,16-17H2,1-5H3,(H,29,30,32). The molecule has 8 heteroatoms. The van der Waals surface area contributed by atoms with Crippen molar-refractivity contribution in [2.45, 2.75) is 64.5 Å². The van der Waals surface area contributed by atoms with Crippen molar-refractivity contribution in [1.82, 2.24) is 29.2 Å². The van der Waals surface area contributed by atoms with Crippen molar-refractivity contribution in [1.29, 1.82) is 0 Å². The first kappa shape index (κ1) is 22.9. The Kier molecular flexibility index (Phi) is 5.09. The number of rotatable bonds is 4. The molecule has 3 aromatic heterocycles. The van der Waals surface area contributed by atoms with Crippen LogP contribution in [-0.4, -0.2) is 42.8 Å². The van der Waals surface area contributed by atoms with E-state index in [-0.39, 0.29) is 11.0 Å². The first-order valence-electron chi connectivity index (χ1n) is 12.7. The van der Waals surface area contributed by atoms with Crippen molar-refractivity contribution in [3.05, 3.63) is 69.8 Å². The quantitative estimate of drug-likeness (QED) is 0.460. The molecule has 8 nitrogen and oxygen atoms in total. The molecule has 6 rings (SSSR count). The van der Waals surface area contributed by atoms with Gasteiger partial charge < -0.3 is 10.2 Å². The maximum absolute atomic E-state index is 13.2. The molecule has 0 saturated heterocycles. The summed E-state index contributed by atoms with van der Waals surface area (Å²) in [6.07, 6.45) is 4.11. The molecule has 1 N–H and O–H groups in total. The molecule has 0 bridgehead atoms. The molecule has 1 aliphatic carbocycles. The highest BCUT2D eigenvalue weighted by Crippen LogP contribution is 2.52. The van der Waals surface area contributed by atoms with Crippen molar-refractivity contribution in [3.63, 3.8) is 0 Å². The summed E-state index contributed by atoms with van der Waals surface area (Å²) in [7, 11) is 2.20. The highest BCUT2D eigenvalue weighted by Gasteiger charge is 2.48. The van der Waals surface area contributed by atoms with Gasteiger partial charge in [-0.05, 0) is 62.2 Å². The summed E-state index contributed by atoms with van der Waals surface area (Å²) >= 11 is 0. The second kappa shape index (κ2) is 8.00. The van der Waals surface area contributed by atoms with Gasteiger partial charge in [0.1, 0.15) is 5.39 Å². The molecule has 4 heterocycles. The lowest BCUT2D eigenvalue weighted by Crippen LogP contribution is -2.35. The molecule has 1 aromatic carbocycles. The zero-order valence-corrected chi connectivity index (χ0v) is 21.7. The monoisotopic (exact) mass is 483 g/mol. The molecule has 0 radical (unpaired) electrons.